The molecule has 0 aromatic rings. The van der Waals surface area contributed by atoms with Gasteiger partial charge in [0.15, 0.2) is 0 Å². The Morgan fingerprint density at radius 3 is 0.728 bits per heavy atom. The van der Waals surface area contributed by atoms with E-state index in [0.29, 0.717) is 178 Å². The van der Waals surface area contributed by atoms with Gasteiger partial charge in [0.1, 0.15) is 19.3 Å². The van der Waals surface area contributed by atoms with Crippen molar-refractivity contribution in [3.05, 3.63) is 0 Å². The zero-order chi connectivity index (χ0) is 67.0. The Morgan fingerprint density at radius 2 is 0.500 bits per heavy atom. The molecule has 0 aliphatic heterocycles. The lowest BCUT2D eigenvalue weighted by Gasteiger charge is -2.33. The molecule has 2 N–H and O–H groups in total. The van der Waals surface area contributed by atoms with Crippen LogP contribution in [0.15, 0.2) is 0 Å². The van der Waals surface area contributed by atoms with Crippen molar-refractivity contribution in [1.29, 1.82) is 0 Å². The van der Waals surface area contributed by atoms with E-state index in [0.717, 1.165) is 0 Å². The summed E-state index contributed by atoms with van der Waals surface area (Å²) < 4.78 is 145. The van der Waals surface area contributed by atoms with Crippen molar-refractivity contribution >= 4 is 18.0 Å². The van der Waals surface area contributed by atoms with Crippen LogP contribution in [0.4, 0.5) is 4.79 Å². The standard InChI is InChI=1S/C61H119NO30/c1-67-12-18-73-24-30-79-36-42-85-48-60(49-86-43-37-80-31-25-74-19-13-68-2,50-87-44-38-81-32-26-75-20-14-69-3)54-91-57(63)11-9-7-8-10-56(58(64)65)62-59(66)92-55-61(51-88-45-39-82-33-27-76-21-15-70-4,52-89-46-40-83-34-28-77-22-16-71-5)53-90-47-41-84-35-29-78-23-17-72-6/h56H,7-55H2,1-6H3,(H,62,66)(H,64,65). The number of carbonyl (C=O) groups excluding carboxylic acids is 2. The molecule has 0 fully saturated rings. The molecule has 0 saturated heterocycles. The average Bonchev–Trinajstić information content (AvgIpc) is 2.02. The maximum Gasteiger partial charge on any atom is 0.407 e. The molecule has 0 rings (SSSR count). The SMILES string of the molecule is COCCOCCOCCOCC(COCCOCCOCCOC)(COCCOCCOCCOC)COC(=O)CCCCCC(NC(=O)OCC(COCCOCCOCCOC)(COCCOCCOCCOC)COCCOCCOCCOC)C(=O)O. The molecular weight excluding hydrogens is 1230 g/mol. The minimum atomic E-state index is -1.31. The van der Waals surface area contributed by atoms with E-state index in [2.05, 4.69) is 5.32 Å². The van der Waals surface area contributed by atoms with E-state index < -0.39 is 34.9 Å². The van der Waals surface area contributed by atoms with Crippen molar-refractivity contribution in [3.8, 4) is 0 Å². The first-order valence-corrected chi connectivity index (χ1v) is 31.8. The highest BCUT2D eigenvalue weighted by molar-refractivity contribution is 5.79. The molecule has 92 heavy (non-hydrogen) atoms. The summed E-state index contributed by atoms with van der Waals surface area (Å²) in [5.41, 5.74) is -2.03. The zero-order valence-corrected chi connectivity index (χ0v) is 56.5. The van der Waals surface area contributed by atoms with E-state index in [-0.39, 0.29) is 145 Å². The molecule has 0 aliphatic rings. The van der Waals surface area contributed by atoms with Gasteiger partial charge in [-0.2, -0.15) is 0 Å². The van der Waals surface area contributed by atoms with Crippen molar-refractivity contribution in [1.82, 2.24) is 5.32 Å². The van der Waals surface area contributed by atoms with Crippen molar-refractivity contribution in [3.63, 3.8) is 0 Å². The molecule has 0 aliphatic carbocycles. The van der Waals surface area contributed by atoms with Crippen molar-refractivity contribution in [2.45, 2.75) is 38.1 Å². The lowest BCUT2D eigenvalue weighted by Crippen LogP contribution is -2.46. The van der Waals surface area contributed by atoms with Gasteiger partial charge in [-0.3, -0.25) is 4.79 Å². The predicted molar refractivity (Wildman–Crippen MR) is 331 cm³/mol. The fourth-order valence-corrected chi connectivity index (χ4v) is 7.48. The van der Waals surface area contributed by atoms with E-state index in [1.165, 1.54) is 0 Å². The molecule has 0 spiro atoms. The van der Waals surface area contributed by atoms with Gasteiger partial charge in [-0.25, -0.2) is 9.59 Å². The molecule has 0 aromatic heterocycles. The smallest absolute Gasteiger partial charge is 0.407 e. The molecule has 31 nitrogen and oxygen atoms in total. The lowest BCUT2D eigenvalue weighted by atomic mass is 9.92. The highest BCUT2D eigenvalue weighted by Crippen LogP contribution is 2.23. The van der Waals surface area contributed by atoms with E-state index in [1.54, 1.807) is 42.7 Å². The minimum absolute atomic E-state index is 0.00500. The molecule has 0 saturated carbocycles. The maximum atomic E-state index is 13.5. The van der Waals surface area contributed by atoms with Crippen LogP contribution in [0.2, 0.25) is 0 Å². The van der Waals surface area contributed by atoms with Crippen LogP contribution >= 0.6 is 0 Å². The number of carbonyl (C=O) groups is 3. The van der Waals surface area contributed by atoms with Crippen LogP contribution in [0.3, 0.4) is 0 Å². The molecular formula is C61H119NO30. The Balaban J connectivity index is 5.91. The molecule has 0 aromatic carbocycles. The first-order chi connectivity index (χ1) is 45.2. The molecule has 0 bridgehead atoms. The second-order valence-corrected chi connectivity index (χ2v) is 20.5. The van der Waals surface area contributed by atoms with Crippen molar-refractivity contribution in [2.75, 3.05) is 333 Å². The average molecular weight is 1350 g/mol. The minimum Gasteiger partial charge on any atom is -0.480 e. The van der Waals surface area contributed by atoms with Crippen molar-refractivity contribution in [2.24, 2.45) is 10.8 Å². The van der Waals surface area contributed by atoms with E-state index in [1.807, 2.05) is 0 Å². The number of amides is 1. The summed E-state index contributed by atoms with van der Waals surface area (Å²) in [7, 11) is 9.60. The molecule has 0 heterocycles. The van der Waals surface area contributed by atoms with E-state index in [4.69, 9.17) is 123 Å². The van der Waals surface area contributed by atoms with Gasteiger partial charge in [0.05, 0.1) is 288 Å². The van der Waals surface area contributed by atoms with Gasteiger partial charge >= 0.3 is 18.0 Å². The number of hydrogen-bond donors (Lipinski definition) is 2. The van der Waals surface area contributed by atoms with E-state index >= 15 is 0 Å². The number of esters is 1. The highest BCUT2D eigenvalue weighted by Gasteiger charge is 2.36. The number of unbranched alkanes of at least 4 members (excludes halogenated alkanes) is 2. The van der Waals surface area contributed by atoms with Crippen LogP contribution in [0, 0.1) is 10.8 Å². The molecule has 1 unspecified atom stereocenters. The van der Waals surface area contributed by atoms with Crippen molar-refractivity contribution < 1.29 is 143 Å². The summed E-state index contributed by atoms with van der Waals surface area (Å²) in [5.74, 6) is -1.75. The summed E-state index contributed by atoms with van der Waals surface area (Å²) in [5, 5.41) is 12.7. The van der Waals surface area contributed by atoms with E-state index in [9.17, 15) is 19.5 Å². The first kappa shape index (κ1) is 89.2. The summed E-state index contributed by atoms with van der Waals surface area (Å²) in [4.78, 5) is 39.4. The van der Waals surface area contributed by atoms with Crippen LogP contribution in [-0.2, 0) is 133 Å². The Morgan fingerprint density at radius 1 is 0.283 bits per heavy atom. The van der Waals surface area contributed by atoms with Gasteiger partial charge < -0.3 is 134 Å². The van der Waals surface area contributed by atoms with Crippen LogP contribution in [0.1, 0.15) is 32.1 Å². The highest BCUT2D eigenvalue weighted by atomic mass is 16.6. The summed E-state index contributed by atoms with van der Waals surface area (Å²) >= 11 is 0. The van der Waals surface area contributed by atoms with Gasteiger partial charge in [0.2, 0.25) is 0 Å². The Kier molecular flexibility index (Phi) is 68.9. The number of nitrogens with one attached hydrogen (secondary N) is 1. The topological polar surface area (TPSA) is 323 Å². The summed E-state index contributed by atoms with van der Waals surface area (Å²) in [6.07, 6.45) is 0.254. The number of ether oxygens (including phenoxy) is 26. The van der Waals surface area contributed by atoms with Gasteiger partial charge in [0, 0.05) is 49.1 Å². The Hall–Kier alpha value is -2.75. The fraction of sp³-hybridized carbons (Fsp3) is 0.951. The molecule has 548 valence electrons. The third-order valence-electron chi connectivity index (χ3n) is 12.5. The zero-order valence-electron chi connectivity index (χ0n) is 56.5. The van der Waals surface area contributed by atoms with Crippen LogP contribution in [0.25, 0.3) is 0 Å². The van der Waals surface area contributed by atoms with Crippen LogP contribution < -0.4 is 5.32 Å². The van der Waals surface area contributed by atoms with Gasteiger partial charge in [0.25, 0.3) is 0 Å². The van der Waals surface area contributed by atoms with Gasteiger partial charge in [-0.15, -0.1) is 0 Å². The van der Waals surface area contributed by atoms with Crippen LogP contribution in [-0.4, -0.2) is 363 Å². The number of carboxylic acid groups (broad SMARTS) is 1. The number of carboxylic acids is 1. The largest absolute Gasteiger partial charge is 0.480 e. The number of hydrogen-bond acceptors (Lipinski definition) is 29. The molecule has 1 amide bonds. The van der Waals surface area contributed by atoms with Gasteiger partial charge in [-0.05, 0) is 12.8 Å². The number of rotatable bonds is 78. The van der Waals surface area contributed by atoms with Gasteiger partial charge in [-0.1, -0.05) is 12.8 Å². The molecule has 1 atom stereocenters. The summed E-state index contributed by atoms with van der Waals surface area (Å²) in [6, 6.07) is -1.31. The fourth-order valence-electron chi connectivity index (χ4n) is 7.48. The monoisotopic (exact) mass is 1350 g/mol. The number of methoxy groups -OCH3 is 6. The normalized spacial score (nSPS) is 12.3. The first-order valence-electron chi connectivity index (χ1n) is 31.8. The van der Waals surface area contributed by atoms with Crippen LogP contribution in [0.5, 0.6) is 0 Å². The summed E-state index contributed by atoms with van der Waals surface area (Å²) in [6.45, 7) is 12.7. The Bertz CT molecular complexity index is 1430. The second-order valence-electron chi connectivity index (χ2n) is 20.5. The molecule has 0 radical (unpaired) electrons. The predicted octanol–water partition coefficient (Wildman–Crippen LogP) is 1.81. The quantitative estimate of drug-likeness (QED) is 0.0648. The third-order valence-corrected chi connectivity index (χ3v) is 12.5. The third kappa shape index (κ3) is 60.9. The maximum absolute atomic E-state index is 13.5. The second kappa shape index (κ2) is 71.0. The Labute approximate surface area is 546 Å². The number of alkyl carbamates (subject to hydrolysis) is 1. The lowest BCUT2D eigenvalue weighted by molar-refractivity contribution is -0.158. The molecule has 31 heteroatoms. The number of aliphatic carboxylic acids is 1.